The normalized spacial score (nSPS) is 11.4. The van der Waals surface area contributed by atoms with Crippen molar-refractivity contribution in [3.63, 3.8) is 0 Å². The van der Waals surface area contributed by atoms with Crippen molar-refractivity contribution in [2.24, 2.45) is 5.16 Å². The van der Waals surface area contributed by atoms with E-state index in [1.54, 1.807) is 37.3 Å². The first-order chi connectivity index (χ1) is 9.11. The van der Waals surface area contributed by atoms with Crippen molar-refractivity contribution in [2.75, 3.05) is 0 Å². The number of hydrogen-bond acceptors (Lipinski definition) is 5. The standard InChI is InChI=1S/C13H10BrN3O2/c1-8-3-2-4-10(16-8)13(18)12(17-19)9-5-6-15-11(14)7-9/h2-7,19H,1H3/b17-12-. The second-order valence-electron chi connectivity index (χ2n) is 3.81. The van der Waals surface area contributed by atoms with Gasteiger partial charge in [0.1, 0.15) is 10.3 Å². The maximum Gasteiger partial charge on any atom is 0.233 e. The van der Waals surface area contributed by atoms with Gasteiger partial charge in [-0.25, -0.2) is 9.97 Å². The first-order valence-corrected chi connectivity index (χ1v) is 6.23. The van der Waals surface area contributed by atoms with Gasteiger partial charge in [-0.05, 0) is 47.1 Å². The van der Waals surface area contributed by atoms with Crippen LogP contribution in [0.3, 0.4) is 0 Å². The lowest BCUT2D eigenvalue weighted by molar-refractivity contribution is 0.105. The van der Waals surface area contributed by atoms with E-state index in [9.17, 15) is 4.79 Å². The fourth-order valence-corrected chi connectivity index (χ4v) is 1.94. The predicted molar refractivity (Wildman–Crippen MR) is 73.6 cm³/mol. The lowest BCUT2D eigenvalue weighted by Crippen LogP contribution is -2.17. The van der Waals surface area contributed by atoms with Crippen LogP contribution in [0.4, 0.5) is 0 Å². The van der Waals surface area contributed by atoms with Gasteiger partial charge in [0.25, 0.3) is 0 Å². The third kappa shape index (κ3) is 3.03. The Morgan fingerprint density at radius 3 is 2.79 bits per heavy atom. The topological polar surface area (TPSA) is 75.4 Å². The molecule has 0 aromatic carbocycles. The van der Waals surface area contributed by atoms with Crippen LogP contribution < -0.4 is 0 Å². The number of Topliss-reactive ketones (excluding diaryl/α,β-unsaturated/α-hetero) is 1. The van der Waals surface area contributed by atoms with Crippen LogP contribution in [0.25, 0.3) is 0 Å². The van der Waals surface area contributed by atoms with E-state index in [0.717, 1.165) is 5.69 Å². The first-order valence-electron chi connectivity index (χ1n) is 5.44. The van der Waals surface area contributed by atoms with E-state index in [0.29, 0.717) is 10.2 Å². The van der Waals surface area contributed by atoms with Crippen LogP contribution in [0.2, 0.25) is 0 Å². The van der Waals surface area contributed by atoms with Gasteiger partial charge in [0.05, 0.1) is 0 Å². The molecule has 1 N–H and O–H groups in total. The molecule has 0 aliphatic heterocycles. The monoisotopic (exact) mass is 319 g/mol. The molecule has 6 heteroatoms. The molecule has 19 heavy (non-hydrogen) atoms. The molecule has 0 aliphatic carbocycles. The third-order valence-electron chi connectivity index (χ3n) is 2.44. The minimum atomic E-state index is -0.440. The first kappa shape index (κ1) is 13.4. The third-order valence-corrected chi connectivity index (χ3v) is 2.87. The summed E-state index contributed by atoms with van der Waals surface area (Å²) in [6.07, 6.45) is 1.52. The Balaban J connectivity index is 2.41. The van der Waals surface area contributed by atoms with Gasteiger partial charge in [-0.2, -0.15) is 0 Å². The number of oxime groups is 1. The Labute approximate surface area is 118 Å². The van der Waals surface area contributed by atoms with Crippen molar-refractivity contribution in [1.82, 2.24) is 9.97 Å². The van der Waals surface area contributed by atoms with E-state index in [-0.39, 0.29) is 11.4 Å². The molecule has 0 saturated heterocycles. The lowest BCUT2D eigenvalue weighted by Gasteiger charge is -2.04. The molecule has 2 aromatic rings. The number of pyridine rings is 2. The summed E-state index contributed by atoms with van der Waals surface area (Å²) in [5, 5.41) is 12.2. The van der Waals surface area contributed by atoms with Crippen LogP contribution >= 0.6 is 15.9 Å². The Morgan fingerprint density at radius 1 is 1.37 bits per heavy atom. The van der Waals surface area contributed by atoms with Gasteiger partial charge >= 0.3 is 0 Å². The van der Waals surface area contributed by atoms with Gasteiger partial charge in [-0.15, -0.1) is 0 Å². The van der Waals surface area contributed by atoms with E-state index < -0.39 is 5.78 Å². The largest absolute Gasteiger partial charge is 0.410 e. The minimum Gasteiger partial charge on any atom is -0.410 e. The van der Waals surface area contributed by atoms with Crippen LogP contribution in [-0.4, -0.2) is 26.7 Å². The molecule has 0 fully saturated rings. The molecule has 0 bridgehead atoms. The smallest absolute Gasteiger partial charge is 0.233 e. The maximum absolute atomic E-state index is 12.3. The summed E-state index contributed by atoms with van der Waals surface area (Å²) in [6, 6.07) is 8.29. The molecule has 0 saturated carbocycles. The van der Waals surface area contributed by atoms with Crippen LogP contribution in [-0.2, 0) is 0 Å². The van der Waals surface area contributed by atoms with Gasteiger partial charge in [-0.1, -0.05) is 11.2 Å². The van der Waals surface area contributed by atoms with Crippen LogP contribution in [0, 0.1) is 6.92 Å². The number of carbonyl (C=O) groups is 1. The molecule has 0 spiro atoms. The molecule has 96 valence electrons. The summed E-state index contributed by atoms with van der Waals surface area (Å²) in [6.45, 7) is 1.79. The second kappa shape index (κ2) is 5.71. The van der Waals surface area contributed by atoms with Crippen LogP contribution in [0.15, 0.2) is 46.3 Å². The summed E-state index contributed by atoms with van der Waals surface area (Å²) >= 11 is 3.20. The van der Waals surface area contributed by atoms with E-state index in [2.05, 4.69) is 31.1 Å². The number of hydrogen-bond donors (Lipinski definition) is 1. The number of ketones is 1. The van der Waals surface area contributed by atoms with Crippen LogP contribution in [0.5, 0.6) is 0 Å². The summed E-state index contributed by atoms with van der Waals surface area (Å²) < 4.78 is 0.552. The zero-order valence-corrected chi connectivity index (χ0v) is 11.6. The number of nitrogens with zero attached hydrogens (tertiary/aromatic N) is 3. The van der Waals surface area contributed by atoms with Crippen molar-refractivity contribution >= 4 is 27.4 Å². The highest BCUT2D eigenvalue weighted by atomic mass is 79.9. The van der Waals surface area contributed by atoms with Crippen molar-refractivity contribution in [3.05, 3.63) is 58.1 Å². The fraction of sp³-hybridized carbons (Fsp3) is 0.0769. The van der Waals surface area contributed by atoms with Crippen molar-refractivity contribution < 1.29 is 10.0 Å². The van der Waals surface area contributed by atoms with Gasteiger partial charge in [-0.3, -0.25) is 4.79 Å². The SMILES string of the molecule is Cc1cccc(C(=O)/C(=N\O)c2ccnc(Br)c2)n1. The molecular weight excluding hydrogens is 310 g/mol. The molecule has 0 aliphatic rings. The minimum absolute atomic E-state index is 0.0683. The fourth-order valence-electron chi connectivity index (χ4n) is 1.57. The van der Waals surface area contributed by atoms with Gasteiger partial charge in [0, 0.05) is 17.5 Å². The van der Waals surface area contributed by atoms with Gasteiger partial charge in [0.15, 0.2) is 5.71 Å². The van der Waals surface area contributed by atoms with E-state index in [1.165, 1.54) is 6.20 Å². The molecule has 2 rings (SSSR count). The molecule has 5 nitrogen and oxygen atoms in total. The number of aryl methyl sites for hydroxylation is 1. The molecule has 0 radical (unpaired) electrons. The maximum atomic E-state index is 12.3. The molecule has 2 aromatic heterocycles. The lowest BCUT2D eigenvalue weighted by atomic mass is 10.1. The van der Waals surface area contributed by atoms with E-state index in [4.69, 9.17) is 5.21 Å². The Morgan fingerprint density at radius 2 is 2.16 bits per heavy atom. The van der Waals surface area contributed by atoms with Gasteiger partial charge < -0.3 is 5.21 Å². The Hall–Kier alpha value is -2.08. The van der Waals surface area contributed by atoms with E-state index >= 15 is 0 Å². The second-order valence-corrected chi connectivity index (χ2v) is 4.62. The van der Waals surface area contributed by atoms with Gasteiger partial charge in [0.2, 0.25) is 5.78 Å². The van der Waals surface area contributed by atoms with Crippen molar-refractivity contribution in [3.8, 4) is 0 Å². The Bertz CT molecular complexity index is 656. The number of carbonyl (C=O) groups excluding carboxylic acids is 1. The number of aromatic nitrogens is 2. The predicted octanol–water partition coefficient (Wildman–Crippen LogP) is 2.61. The summed E-state index contributed by atoms with van der Waals surface area (Å²) in [5.41, 5.74) is 1.36. The summed E-state index contributed by atoms with van der Waals surface area (Å²) in [4.78, 5) is 20.3. The number of halogens is 1. The average molecular weight is 320 g/mol. The molecule has 0 atom stereocenters. The number of rotatable bonds is 3. The summed E-state index contributed by atoms with van der Waals surface area (Å²) in [7, 11) is 0. The zero-order valence-electron chi connectivity index (χ0n) is 10.0. The Kier molecular flexibility index (Phi) is 4.01. The van der Waals surface area contributed by atoms with Crippen molar-refractivity contribution in [1.29, 1.82) is 0 Å². The highest BCUT2D eigenvalue weighted by Crippen LogP contribution is 2.12. The van der Waals surface area contributed by atoms with E-state index in [1.807, 2.05) is 0 Å². The molecular formula is C13H10BrN3O2. The molecule has 2 heterocycles. The van der Waals surface area contributed by atoms with Crippen LogP contribution in [0.1, 0.15) is 21.7 Å². The quantitative estimate of drug-likeness (QED) is 0.310. The highest BCUT2D eigenvalue weighted by molar-refractivity contribution is 9.10. The average Bonchev–Trinajstić information content (AvgIpc) is 2.39. The zero-order chi connectivity index (χ0) is 13.8. The molecule has 0 amide bonds. The molecule has 0 unspecified atom stereocenters. The highest BCUT2D eigenvalue weighted by Gasteiger charge is 2.18. The summed E-state index contributed by atoms with van der Waals surface area (Å²) in [5.74, 6) is -0.440. The van der Waals surface area contributed by atoms with Crippen molar-refractivity contribution in [2.45, 2.75) is 6.92 Å².